The number of benzene rings is 1. The van der Waals surface area contributed by atoms with Gasteiger partial charge in [-0.25, -0.2) is 4.79 Å². The summed E-state index contributed by atoms with van der Waals surface area (Å²) in [7, 11) is 0. The molecule has 2 heterocycles. The van der Waals surface area contributed by atoms with E-state index in [1.54, 1.807) is 17.9 Å². The number of hydrogen-bond acceptors (Lipinski definition) is 7. The maximum Gasteiger partial charge on any atom is 0.339 e. The first kappa shape index (κ1) is 22.0. The number of likely N-dealkylation sites (tertiary alicyclic amines) is 1. The van der Waals surface area contributed by atoms with Crippen molar-refractivity contribution in [2.45, 2.75) is 58.2 Å². The second kappa shape index (κ2) is 9.42. The standard InChI is InChI=1S/C21H29N3O6/c1-14-5-4-6-15(2)23(14)20(25)16(3)30-21(26)17-7-8-18(19(13-17)24(27)28)22-9-11-29-12-10-22/h7-8,13-16H,4-6,9-12H2,1-3H3/t14-,15-,16+/m0/s1. The zero-order chi connectivity index (χ0) is 21.8. The van der Waals surface area contributed by atoms with Crippen LogP contribution in [0.15, 0.2) is 18.2 Å². The molecule has 2 saturated heterocycles. The third-order valence-corrected chi connectivity index (χ3v) is 5.84. The number of carbonyl (C=O) groups is 2. The molecule has 0 unspecified atom stereocenters. The van der Waals surface area contributed by atoms with Crippen LogP contribution in [-0.2, 0) is 14.3 Å². The van der Waals surface area contributed by atoms with E-state index < -0.39 is 17.0 Å². The van der Waals surface area contributed by atoms with Gasteiger partial charge in [0.1, 0.15) is 5.69 Å². The minimum Gasteiger partial charge on any atom is -0.449 e. The summed E-state index contributed by atoms with van der Waals surface area (Å²) in [5.41, 5.74) is 0.335. The Hall–Kier alpha value is -2.68. The Labute approximate surface area is 176 Å². The van der Waals surface area contributed by atoms with Crippen molar-refractivity contribution in [1.29, 1.82) is 0 Å². The second-order valence-electron chi connectivity index (χ2n) is 7.98. The lowest BCUT2D eigenvalue weighted by Crippen LogP contribution is -2.51. The molecule has 1 aromatic rings. The number of anilines is 1. The number of nitro benzene ring substituents is 1. The van der Waals surface area contributed by atoms with Gasteiger partial charge in [-0.1, -0.05) is 0 Å². The quantitative estimate of drug-likeness (QED) is 0.411. The van der Waals surface area contributed by atoms with Gasteiger partial charge in [0.2, 0.25) is 0 Å². The maximum atomic E-state index is 12.8. The Bertz CT molecular complexity index is 798. The average molecular weight is 419 g/mol. The Morgan fingerprint density at radius 1 is 1.20 bits per heavy atom. The molecule has 0 radical (unpaired) electrons. The molecule has 2 aliphatic rings. The fourth-order valence-corrected chi connectivity index (χ4v) is 4.21. The van der Waals surface area contributed by atoms with E-state index >= 15 is 0 Å². The molecule has 0 saturated carbocycles. The highest BCUT2D eigenvalue weighted by atomic mass is 16.6. The highest BCUT2D eigenvalue weighted by Gasteiger charge is 2.33. The van der Waals surface area contributed by atoms with Crippen LogP contribution < -0.4 is 4.90 Å². The van der Waals surface area contributed by atoms with Gasteiger partial charge >= 0.3 is 5.97 Å². The molecule has 0 spiro atoms. The Morgan fingerprint density at radius 3 is 2.43 bits per heavy atom. The average Bonchev–Trinajstić information content (AvgIpc) is 2.73. The van der Waals surface area contributed by atoms with Crippen molar-refractivity contribution in [3.05, 3.63) is 33.9 Å². The SMILES string of the molecule is C[C@@H](OC(=O)c1ccc(N2CCOCC2)c([N+](=O)[O-])c1)C(=O)N1[C@@H](C)CCC[C@@H]1C. The largest absolute Gasteiger partial charge is 0.449 e. The maximum absolute atomic E-state index is 12.8. The predicted molar refractivity (Wildman–Crippen MR) is 111 cm³/mol. The van der Waals surface area contributed by atoms with Crippen LogP contribution in [0.25, 0.3) is 0 Å². The summed E-state index contributed by atoms with van der Waals surface area (Å²) in [6, 6.07) is 4.47. The molecular weight excluding hydrogens is 390 g/mol. The zero-order valence-corrected chi connectivity index (χ0v) is 17.7. The lowest BCUT2D eigenvalue weighted by atomic mass is 9.97. The van der Waals surface area contributed by atoms with E-state index in [1.807, 2.05) is 18.7 Å². The minimum absolute atomic E-state index is 0.0538. The number of amides is 1. The van der Waals surface area contributed by atoms with Gasteiger partial charge in [-0.3, -0.25) is 14.9 Å². The highest BCUT2D eigenvalue weighted by Crippen LogP contribution is 2.30. The van der Waals surface area contributed by atoms with Crippen molar-refractivity contribution in [2.75, 3.05) is 31.2 Å². The molecule has 0 N–H and O–H groups in total. The molecule has 1 aromatic carbocycles. The van der Waals surface area contributed by atoms with Crippen LogP contribution in [0.4, 0.5) is 11.4 Å². The summed E-state index contributed by atoms with van der Waals surface area (Å²) in [4.78, 5) is 40.2. The van der Waals surface area contributed by atoms with Crippen molar-refractivity contribution >= 4 is 23.3 Å². The number of nitro groups is 1. The fraction of sp³-hybridized carbons (Fsp3) is 0.619. The summed E-state index contributed by atoms with van der Waals surface area (Å²) >= 11 is 0. The molecular formula is C21H29N3O6. The summed E-state index contributed by atoms with van der Waals surface area (Å²) in [6.45, 7) is 7.61. The Kier molecular flexibility index (Phi) is 6.91. The van der Waals surface area contributed by atoms with Gasteiger partial charge in [0.05, 0.1) is 23.7 Å². The monoisotopic (exact) mass is 419 g/mol. The van der Waals surface area contributed by atoms with E-state index in [2.05, 4.69) is 0 Å². The van der Waals surface area contributed by atoms with Crippen molar-refractivity contribution in [3.8, 4) is 0 Å². The Balaban J connectivity index is 1.73. The molecule has 164 valence electrons. The molecule has 0 bridgehead atoms. The molecule has 0 aliphatic carbocycles. The number of carbonyl (C=O) groups excluding carboxylic acids is 2. The topological polar surface area (TPSA) is 102 Å². The lowest BCUT2D eigenvalue weighted by Gasteiger charge is -2.40. The van der Waals surface area contributed by atoms with E-state index in [9.17, 15) is 19.7 Å². The van der Waals surface area contributed by atoms with Crippen LogP contribution in [0, 0.1) is 10.1 Å². The molecule has 1 amide bonds. The van der Waals surface area contributed by atoms with Crippen molar-refractivity contribution in [3.63, 3.8) is 0 Å². The van der Waals surface area contributed by atoms with E-state index in [0.29, 0.717) is 32.0 Å². The molecule has 3 rings (SSSR count). The summed E-state index contributed by atoms with van der Waals surface area (Å²) in [6.07, 6.45) is 1.95. The number of rotatable bonds is 5. The zero-order valence-electron chi connectivity index (χ0n) is 17.7. The fourth-order valence-electron chi connectivity index (χ4n) is 4.21. The first-order valence-electron chi connectivity index (χ1n) is 10.4. The van der Waals surface area contributed by atoms with Gasteiger partial charge in [-0.15, -0.1) is 0 Å². The van der Waals surface area contributed by atoms with Crippen molar-refractivity contribution < 1.29 is 24.0 Å². The van der Waals surface area contributed by atoms with Gasteiger partial charge in [-0.05, 0) is 52.2 Å². The molecule has 30 heavy (non-hydrogen) atoms. The van der Waals surface area contributed by atoms with Gasteiger partial charge in [0, 0.05) is 31.2 Å². The molecule has 9 nitrogen and oxygen atoms in total. The highest BCUT2D eigenvalue weighted by molar-refractivity contribution is 5.94. The number of nitrogens with zero attached hydrogens (tertiary/aromatic N) is 3. The van der Waals surface area contributed by atoms with Gasteiger partial charge < -0.3 is 19.3 Å². The Morgan fingerprint density at radius 2 is 1.83 bits per heavy atom. The van der Waals surface area contributed by atoms with E-state index in [4.69, 9.17) is 9.47 Å². The summed E-state index contributed by atoms with van der Waals surface area (Å²) < 4.78 is 10.7. The number of piperidine rings is 1. The van der Waals surface area contributed by atoms with E-state index in [0.717, 1.165) is 19.3 Å². The molecule has 2 fully saturated rings. The first-order chi connectivity index (χ1) is 14.3. The van der Waals surface area contributed by atoms with E-state index in [1.165, 1.54) is 12.1 Å². The summed E-state index contributed by atoms with van der Waals surface area (Å²) in [5, 5.41) is 11.6. The smallest absolute Gasteiger partial charge is 0.339 e. The van der Waals surface area contributed by atoms with E-state index in [-0.39, 0.29) is 29.2 Å². The molecule has 2 aliphatic heterocycles. The molecule has 3 atom stereocenters. The van der Waals surface area contributed by atoms with Crippen LogP contribution in [0.1, 0.15) is 50.4 Å². The number of esters is 1. The first-order valence-corrected chi connectivity index (χ1v) is 10.4. The van der Waals surface area contributed by atoms with Crippen LogP contribution in [0.2, 0.25) is 0 Å². The van der Waals surface area contributed by atoms with Crippen LogP contribution >= 0.6 is 0 Å². The second-order valence-corrected chi connectivity index (χ2v) is 7.98. The summed E-state index contributed by atoms with van der Waals surface area (Å²) in [5.74, 6) is -0.979. The van der Waals surface area contributed by atoms with Gasteiger partial charge in [0.25, 0.3) is 11.6 Å². The van der Waals surface area contributed by atoms with Gasteiger partial charge in [0.15, 0.2) is 6.10 Å². The van der Waals surface area contributed by atoms with Crippen LogP contribution in [0.5, 0.6) is 0 Å². The number of hydrogen-bond donors (Lipinski definition) is 0. The third kappa shape index (κ3) is 4.72. The van der Waals surface area contributed by atoms with Crippen molar-refractivity contribution in [2.24, 2.45) is 0 Å². The molecule has 0 aromatic heterocycles. The predicted octanol–water partition coefficient (Wildman–Crippen LogP) is 2.77. The van der Waals surface area contributed by atoms with Crippen LogP contribution in [0.3, 0.4) is 0 Å². The molecule has 9 heteroatoms. The minimum atomic E-state index is -0.960. The normalized spacial score (nSPS) is 23.0. The van der Waals surface area contributed by atoms with Crippen molar-refractivity contribution in [1.82, 2.24) is 4.90 Å². The lowest BCUT2D eigenvalue weighted by molar-refractivity contribution is -0.384. The van der Waals surface area contributed by atoms with Crippen LogP contribution in [-0.4, -0.2) is 66.2 Å². The number of morpholine rings is 1. The van der Waals surface area contributed by atoms with Gasteiger partial charge in [-0.2, -0.15) is 0 Å². The third-order valence-electron chi connectivity index (χ3n) is 5.84. The number of ether oxygens (including phenoxy) is 2.